The van der Waals surface area contributed by atoms with Gasteiger partial charge in [0, 0.05) is 39.8 Å². The Balaban J connectivity index is 1.44. The van der Waals surface area contributed by atoms with E-state index >= 15 is 4.39 Å². The van der Waals surface area contributed by atoms with Gasteiger partial charge in [-0.2, -0.15) is 0 Å². The van der Waals surface area contributed by atoms with Crippen molar-refractivity contribution in [2.75, 3.05) is 4.90 Å². The minimum atomic E-state index is -1.42. The van der Waals surface area contributed by atoms with Gasteiger partial charge in [0.05, 0.1) is 28.1 Å². The number of para-hydroxylation sites is 3. The fourth-order valence-corrected chi connectivity index (χ4v) is 7.81. The van der Waals surface area contributed by atoms with Crippen molar-refractivity contribution in [2.45, 2.75) is 25.4 Å². The molecular weight excluding hydrogens is 604 g/mol. The van der Waals surface area contributed by atoms with Gasteiger partial charge in [-0.05, 0) is 82.9 Å². The third-order valence-electron chi connectivity index (χ3n) is 9.94. The molecule has 0 bridgehead atoms. The van der Waals surface area contributed by atoms with Gasteiger partial charge in [-0.15, -0.1) is 0 Å². The first-order valence-corrected chi connectivity index (χ1v) is 16.6. The largest absolute Gasteiger partial charge is 0.309 e. The van der Waals surface area contributed by atoms with Gasteiger partial charge in [-0.1, -0.05) is 98.8 Å². The molecule has 1 aliphatic rings. The molecule has 8 aromatic rings. The predicted molar refractivity (Wildman–Crippen MR) is 198 cm³/mol. The van der Waals surface area contributed by atoms with Crippen LogP contribution in [0.15, 0.2) is 158 Å². The van der Waals surface area contributed by atoms with Crippen molar-refractivity contribution in [3.8, 4) is 17.1 Å². The average molecular weight is 637 g/mol. The standard InChI is InChI=1S/C44H33FN4/c1-44(2)34-20-7-9-23-37(34)48(31-17-4-3-5-18-31)43-40-32-19-6-8-22-36(32)49(39-24-11-13-26-47-39)38(40)28-33(41(43)44)42(45)30-16-14-15-29(27-30)35-21-10-12-25-46-35/h3-28,42H,1-2H3. The van der Waals surface area contributed by atoms with Gasteiger partial charge in [-0.3, -0.25) is 9.55 Å². The number of pyridine rings is 2. The molecule has 0 fully saturated rings. The monoisotopic (exact) mass is 636 g/mol. The van der Waals surface area contributed by atoms with Crippen LogP contribution in [0, 0.1) is 0 Å². The maximum Gasteiger partial charge on any atom is 0.151 e. The number of nitrogens with zero attached hydrogens (tertiary/aromatic N) is 4. The Morgan fingerprint density at radius 3 is 2.18 bits per heavy atom. The average Bonchev–Trinajstić information content (AvgIpc) is 3.50. The zero-order valence-corrected chi connectivity index (χ0v) is 27.3. The van der Waals surface area contributed by atoms with Crippen molar-refractivity contribution in [1.82, 2.24) is 14.5 Å². The second kappa shape index (κ2) is 11.3. The van der Waals surface area contributed by atoms with Crippen LogP contribution in [0.5, 0.6) is 0 Å². The first-order chi connectivity index (χ1) is 24.0. The summed E-state index contributed by atoms with van der Waals surface area (Å²) in [4.78, 5) is 11.7. The SMILES string of the molecule is CC1(C)c2ccccc2N(c2ccccc2)c2c1c(C(F)c1cccc(-c3ccccn3)c1)cc1c2c2ccccc2n1-c1ccccn1. The Hall–Kier alpha value is -6.07. The van der Waals surface area contributed by atoms with Crippen molar-refractivity contribution in [2.24, 2.45) is 0 Å². The summed E-state index contributed by atoms with van der Waals surface area (Å²) in [6.07, 6.45) is 2.17. The molecule has 1 aliphatic heterocycles. The number of anilines is 3. The number of alkyl halides is 1. The highest BCUT2D eigenvalue weighted by molar-refractivity contribution is 6.18. The molecule has 1 unspecified atom stereocenters. The van der Waals surface area contributed by atoms with Gasteiger partial charge >= 0.3 is 0 Å². The van der Waals surface area contributed by atoms with E-state index in [1.807, 2.05) is 72.9 Å². The van der Waals surface area contributed by atoms with Crippen LogP contribution in [-0.4, -0.2) is 14.5 Å². The van der Waals surface area contributed by atoms with Crippen LogP contribution in [0.3, 0.4) is 0 Å². The molecule has 0 spiro atoms. The fourth-order valence-electron chi connectivity index (χ4n) is 7.81. The highest BCUT2D eigenvalue weighted by Crippen LogP contribution is 2.58. The van der Waals surface area contributed by atoms with Gasteiger partial charge in [0.25, 0.3) is 0 Å². The van der Waals surface area contributed by atoms with Crippen LogP contribution in [0.25, 0.3) is 38.9 Å². The number of fused-ring (bicyclic) bond motifs is 6. The van der Waals surface area contributed by atoms with Crippen LogP contribution in [0.2, 0.25) is 0 Å². The third kappa shape index (κ3) is 4.50. The lowest BCUT2D eigenvalue weighted by Crippen LogP contribution is -2.32. The first-order valence-electron chi connectivity index (χ1n) is 16.6. The summed E-state index contributed by atoms with van der Waals surface area (Å²) in [6.45, 7) is 4.47. The van der Waals surface area contributed by atoms with E-state index in [-0.39, 0.29) is 0 Å². The molecule has 4 nitrogen and oxygen atoms in total. The zero-order chi connectivity index (χ0) is 33.1. The minimum Gasteiger partial charge on any atom is -0.309 e. The molecule has 0 aliphatic carbocycles. The molecule has 9 rings (SSSR count). The van der Waals surface area contributed by atoms with E-state index in [4.69, 9.17) is 4.98 Å². The Morgan fingerprint density at radius 1 is 0.653 bits per heavy atom. The lowest BCUT2D eigenvalue weighted by molar-refractivity contribution is 0.395. The molecule has 0 radical (unpaired) electrons. The van der Waals surface area contributed by atoms with Crippen LogP contribution in [0.1, 0.15) is 42.3 Å². The molecule has 0 N–H and O–H groups in total. The van der Waals surface area contributed by atoms with Crippen molar-refractivity contribution in [1.29, 1.82) is 0 Å². The maximum absolute atomic E-state index is 17.9. The van der Waals surface area contributed by atoms with Crippen LogP contribution in [-0.2, 0) is 5.41 Å². The van der Waals surface area contributed by atoms with E-state index in [1.165, 1.54) is 0 Å². The van der Waals surface area contributed by atoms with Crippen molar-refractivity contribution < 1.29 is 4.39 Å². The summed E-state index contributed by atoms with van der Waals surface area (Å²) in [6, 6.07) is 49.0. The van der Waals surface area contributed by atoms with E-state index in [1.54, 1.807) is 6.20 Å². The Kier molecular flexibility index (Phi) is 6.70. The van der Waals surface area contributed by atoms with E-state index in [2.05, 4.69) is 107 Å². The smallest absolute Gasteiger partial charge is 0.151 e. The lowest BCUT2D eigenvalue weighted by atomic mass is 9.70. The van der Waals surface area contributed by atoms with Crippen molar-refractivity contribution in [3.63, 3.8) is 0 Å². The van der Waals surface area contributed by atoms with Gasteiger partial charge in [-0.25, -0.2) is 9.37 Å². The number of rotatable bonds is 5. The van der Waals surface area contributed by atoms with Crippen molar-refractivity contribution in [3.05, 3.63) is 180 Å². The molecule has 0 amide bonds. The van der Waals surface area contributed by atoms with Crippen molar-refractivity contribution >= 4 is 38.9 Å². The normalized spacial score (nSPS) is 14.1. The quantitative estimate of drug-likeness (QED) is 0.188. The van der Waals surface area contributed by atoms with Gasteiger partial charge in [0.1, 0.15) is 5.82 Å². The molecular formula is C44H33FN4. The molecule has 5 heteroatoms. The van der Waals surface area contributed by atoms with Crippen LogP contribution < -0.4 is 4.90 Å². The van der Waals surface area contributed by atoms with E-state index in [0.29, 0.717) is 11.1 Å². The summed E-state index contributed by atoms with van der Waals surface area (Å²) < 4.78 is 20.0. The maximum atomic E-state index is 17.9. The summed E-state index contributed by atoms with van der Waals surface area (Å²) in [7, 11) is 0. The predicted octanol–water partition coefficient (Wildman–Crippen LogP) is 11.4. The summed E-state index contributed by atoms with van der Waals surface area (Å²) >= 11 is 0. The van der Waals surface area contributed by atoms with Crippen LogP contribution in [0.4, 0.5) is 21.5 Å². The number of hydrogen-bond acceptors (Lipinski definition) is 3. The van der Waals surface area contributed by atoms with Gasteiger partial charge < -0.3 is 4.90 Å². The lowest BCUT2D eigenvalue weighted by Gasteiger charge is -2.44. The Labute approximate surface area is 284 Å². The number of hydrogen-bond donors (Lipinski definition) is 0. The second-order valence-corrected chi connectivity index (χ2v) is 13.1. The number of benzene rings is 5. The molecule has 4 heterocycles. The number of halogens is 1. The van der Waals surface area contributed by atoms with E-state index < -0.39 is 11.6 Å². The van der Waals surface area contributed by atoms with E-state index in [9.17, 15) is 0 Å². The van der Waals surface area contributed by atoms with Crippen LogP contribution >= 0.6 is 0 Å². The van der Waals surface area contributed by atoms with E-state index in [0.717, 1.165) is 67.1 Å². The molecule has 236 valence electrons. The second-order valence-electron chi connectivity index (χ2n) is 13.1. The third-order valence-corrected chi connectivity index (χ3v) is 9.94. The molecule has 49 heavy (non-hydrogen) atoms. The summed E-state index contributed by atoms with van der Waals surface area (Å²) in [5.41, 5.74) is 9.56. The number of aromatic nitrogens is 3. The molecule has 0 saturated heterocycles. The van der Waals surface area contributed by atoms with Gasteiger partial charge in [0.2, 0.25) is 0 Å². The molecule has 3 aromatic heterocycles. The highest BCUT2D eigenvalue weighted by Gasteiger charge is 2.42. The fraction of sp³-hybridized carbons (Fsp3) is 0.0909. The zero-order valence-electron chi connectivity index (χ0n) is 27.3. The molecule has 5 aromatic carbocycles. The Bertz CT molecular complexity index is 2490. The molecule has 1 atom stereocenters. The van der Waals surface area contributed by atoms with Gasteiger partial charge in [0.15, 0.2) is 6.17 Å². The summed E-state index contributed by atoms with van der Waals surface area (Å²) in [5.74, 6) is 0.786. The highest BCUT2D eigenvalue weighted by atomic mass is 19.1. The first kappa shape index (κ1) is 29.1. The molecule has 0 saturated carbocycles. The minimum absolute atomic E-state index is 0.530. The topological polar surface area (TPSA) is 34.0 Å². The Morgan fingerprint density at radius 2 is 1.39 bits per heavy atom. The summed E-state index contributed by atoms with van der Waals surface area (Å²) in [5, 5.41) is 2.16.